The summed E-state index contributed by atoms with van der Waals surface area (Å²) < 4.78 is 0. The first-order valence-electron chi connectivity index (χ1n) is 5.92. The van der Waals surface area contributed by atoms with Gasteiger partial charge in [0.15, 0.2) is 11.5 Å². The Morgan fingerprint density at radius 1 is 1.10 bits per heavy atom. The molecule has 106 valence electrons. The summed E-state index contributed by atoms with van der Waals surface area (Å²) in [4.78, 5) is 18.7. The molecule has 0 aliphatic heterocycles. The number of aromatic nitrogens is 2. The molecule has 0 spiro atoms. The Labute approximate surface area is 122 Å². The minimum absolute atomic E-state index is 0.0430. The second-order valence-electron chi connectivity index (χ2n) is 4.38. The van der Waals surface area contributed by atoms with Gasteiger partial charge in [0.05, 0.1) is 10.5 Å². The Kier molecular flexibility index (Phi) is 2.95. The zero-order chi connectivity index (χ0) is 15.1. The molecule has 4 N–H and O–H groups in total. The van der Waals surface area contributed by atoms with Crippen LogP contribution in [0.15, 0.2) is 35.1 Å². The molecule has 3 aromatic rings. The van der Waals surface area contributed by atoms with Crippen LogP contribution < -0.4 is 5.56 Å². The number of hydrogen-bond donors (Lipinski definition) is 4. The molecule has 0 unspecified atom stereocenters. The van der Waals surface area contributed by atoms with Crippen molar-refractivity contribution < 1.29 is 15.3 Å². The summed E-state index contributed by atoms with van der Waals surface area (Å²) in [5.41, 5.74) is -0.102. The Morgan fingerprint density at radius 3 is 2.52 bits per heavy atom. The molecular weight excluding hydrogens is 296 g/mol. The van der Waals surface area contributed by atoms with Gasteiger partial charge in [-0.3, -0.25) is 4.79 Å². The third-order valence-electron chi connectivity index (χ3n) is 3.05. The molecule has 0 saturated heterocycles. The van der Waals surface area contributed by atoms with Crippen LogP contribution in [0.4, 0.5) is 0 Å². The quantitative estimate of drug-likeness (QED) is 0.516. The van der Waals surface area contributed by atoms with Crippen LogP contribution in [0.25, 0.3) is 22.3 Å². The van der Waals surface area contributed by atoms with Crippen molar-refractivity contribution in [2.75, 3.05) is 0 Å². The summed E-state index contributed by atoms with van der Waals surface area (Å²) in [5, 5.41) is 28.9. The normalized spacial score (nSPS) is 10.9. The van der Waals surface area contributed by atoms with Gasteiger partial charge in [-0.15, -0.1) is 0 Å². The number of nitrogens with one attached hydrogen (secondary N) is 1. The highest BCUT2D eigenvalue weighted by atomic mass is 35.5. The summed E-state index contributed by atoms with van der Waals surface area (Å²) >= 11 is 6.05. The number of H-pyrrole nitrogens is 1. The Balaban J connectivity index is 2.38. The third kappa shape index (κ3) is 2.05. The molecule has 7 heteroatoms. The molecule has 1 heterocycles. The number of aromatic amines is 1. The number of hydrogen-bond acceptors (Lipinski definition) is 5. The van der Waals surface area contributed by atoms with Gasteiger partial charge < -0.3 is 20.3 Å². The van der Waals surface area contributed by atoms with E-state index in [1.807, 2.05) is 0 Å². The van der Waals surface area contributed by atoms with E-state index >= 15 is 0 Å². The van der Waals surface area contributed by atoms with Crippen LogP contribution in [0, 0.1) is 0 Å². The topological polar surface area (TPSA) is 106 Å². The molecule has 0 atom stereocenters. The summed E-state index contributed by atoms with van der Waals surface area (Å²) in [7, 11) is 0. The minimum Gasteiger partial charge on any atom is -0.504 e. The number of rotatable bonds is 1. The number of nitrogens with zero attached hydrogens (tertiary/aromatic N) is 1. The van der Waals surface area contributed by atoms with Crippen LogP contribution in [-0.4, -0.2) is 25.3 Å². The molecule has 21 heavy (non-hydrogen) atoms. The van der Waals surface area contributed by atoms with E-state index in [0.717, 1.165) is 6.07 Å². The van der Waals surface area contributed by atoms with Gasteiger partial charge in [-0.1, -0.05) is 23.7 Å². The predicted molar refractivity (Wildman–Crippen MR) is 77.8 cm³/mol. The van der Waals surface area contributed by atoms with Crippen LogP contribution in [-0.2, 0) is 0 Å². The van der Waals surface area contributed by atoms with Crippen LogP contribution in [0.3, 0.4) is 0 Å². The fourth-order valence-electron chi connectivity index (χ4n) is 2.04. The molecule has 0 saturated carbocycles. The van der Waals surface area contributed by atoms with Gasteiger partial charge in [-0.25, -0.2) is 4.98 Å². The highest BCUT2D eigenvalue weighted by molar-refractivity contribution is 6.33. The number of aromatic hydroxyl groups is 3. The van der Waals surface area contributed by atoms with Crippen molar-refractivity contribution in [3.63, 3.8) is 0 Å². The third-order valence-corrected chi connectivity index (χ3v) is 3.38. The maximum absolute atomic E-state index is 12.1. The van der Waals surface area contributed by atoms with Gasteiger partial charge in [0.1, 0.15) is 11.2 Å². The van der Waals surface area contributed by atoms with Crippen molar-refractivity contribution in [1.82, 2.24) is 9.97 Å². The first kappa shape index (κ1) is 13.3. The number of halogens is 1. The fourth-order valence-corrected chi connectivity index (χ4v) is 2.27. The summed E-state index contributed by atoms with van der Waals surface area (Å²) in [6.07, 6.45) is 0. The van der Waals surface area contributed by atoms with Crippen molar-refractivity contribution >= 4 is 22.5 Å². The van der Waals surface area contributed by atoms with E-state index in [-0.39, 0.29) is 16.7 Å². The lowest BCUT2D eigenvalue weighted by molar-refractivity contribution is 0.371. The highest BCUT2D eigenvalue weighted by Gasteiger charge is 2.17. The molecule has 6 nitrogen and oxygen atoms in total. The van der Waals surface area contributed by atoms with Crippen molar-refractivity contribution in [2.45, 2.75) is 0 Å². The van der Waals surface area contributed by atoms with Crippen molar-refractivity contribution in [3.8, 4) is 28.6 Å². The Hall–Kier alpha value is -2.73. The number of benzene rings is 2. The maximum atomic E-state index is 12.1. The van der Waals surface area contributed by atoms with Crippen molar-refractivity contribution in [3.05, 3.63) is 45.7 Å². The molecule has 2 aromatic carbocycles. The lowest BCUT2D eigenvalue weighted by Crippen LogP contribution is -2.10. The molecule has 0 radical (unpaired) electrons. The lowest BCUT2D eigenvalue weighted by Gasteiger charge is -2.07. The summed E-state index contributed by atoms with van der Waals surface area (Å²) in [5.74, 6) is -1.85. The van der Waals surface area contributed by atoms with E-state index in [4.69, 9.17) is 11.6 Å². The van der Waals surface area contributed by atoms with E-state index in [9.17, 15) is 20.1 Å². The maximum Gasteiger partial charge on any atom is 0.262 e. The first-order chi connectivity index (χ1) is 9.99. The zero-order valence-corrected chi connectivity index (χ0v) is 11.2. The number of fused-ring (bicyclic) bond motifs is 1. The zero-order valence-electron chi connectivity index (χ0n) is 10.5. The minimum atomic E-state index is -0.764. The van der Waals surface area contributed by atoms with Crippen molar-refractivity contribution in [1.29, 1.82) is 0 Å². The summed E-state index contributed by atoms with van der Waals surface area (Å²) in [6, 6.07) is 7.89. The molecule has 3 rings (SSSR count). The average molecular weight is 305 g/mol. The van der Waals surface area contributed by atoms with Crippen LogP contribution in [0.5, 0.6) is 17.2 Å². The van der Waals surface area contributed by atoms with Crippen LogP contribution in [0.2, 0.25) is 5.02 Å². The molecule has 0 amide bonds. The first-order valence-corrected chi connectivity index (χ1v) is 6.29. The highest BCUT2D eigenvalue weighted by Crippen LogP contribution is 2.39. The van der Waals surface area contributed by atoms with E-state index < -0.39 is 22.8 Å². The lowest BCUT2D eigenvalue weighted by atomic mass is 10.1. The van der Waals surface area contributed by atoms with E-state index in [0.29, 0.717) is 10.6 Å². The second kappa shape index (κ2) is 4.68. The largest absolute Gasteiger partial charge is 0.504 e. The second-order valence-corrected chi connectivity index (χ2v) is 4.79. The Bertz CT molecular complexity index is 921. The van der Waals surface area contributed by atoms with Gasteiger partial charge in [-0.05, 0) is 12.1 Å². The number of phenolic OH excluding ortho intramolecular Hbond substituents is 3. The monoisotopic (exact) mass is 304 g/mol. The van der Waals surface area contributed by atoms with E-state index in [1.54, 1.807) is 24.3 Å². The Morgan fingerprint density at radius 2 is 1.81 bits per heavy atom. The van der Waals surface area contributed by atoms with Crippen LogP contribution in [0.1, 0.15) is 0 Å². The van der Waals surface area contributed by atoms with E-state index in [2.05, 4.69) is 9.97 Å². The fraction of sp³-hybridized carbons (Fsp3) is 0. The standard InChI is InChI=1S/C14H9ClN2O4/c15-7-4-2-1-3-6(7)13-16-8-5-9(18)11(19)12(20)10(8)14(21)17-13/h1-5,18-20H,(H,16,17,21). The smallest absolute Gasteiger partial charge is 0.262 e. The van der Waals surface area contributed by atoms with Gasteiger partial charge in [0, 0.05) is 11.6 Å². The molecule has 0 aliphatic rings. The van der Waals surface area contributed by atoms with Gasteiger partial charge in [0.25, 0.3) is 5.56 Å². The van der Waals surface area contributed by atoms with Crippen LogP contribution >= 0.6 is 11.6 Å². The summed E-state index contributed by atoms with van der Waals surface area (Å²) in [6.45, 7) is 0. The average Bonchev–Trinajstić information content (AvgIpc) is 2.44. The molecule has 0 aliphatic carbocycles. The molecular formula is C14H9ClN2O4. The molecule has 0 bridgehead atoms. The van der Waals surface area contributed by atoms with Gasteiger partial charge in [-0.2, -0.15) is 0 Å². The molecule has 1 aromatic heterocycles. The van der Waals surface area contributed by atoms with Gasteiger partial charge >= 0.3 is 0 Å². The van der Waals surface area contributed by atoms with Crippen molar-refractivity contribution in [2.24, 2.45) is 0 Å². The number of phenols is 3. The predicted octanol–water partition coefficient (Wildman–Crippen LogP) is 2.36. The molecule has 0 fully saturated rings. The SMILES string of the molecule is O=c1[nH]c(-c2ccccc2Cl)nc2cc(O)c(O)c(O)c12. The van der Waals surface area contributed by atoms with E-state index in [1.165, 1.54) is 0 Å². The van der Waals surface area contributed by atoms with Gasteiger partial charge in [0.2, 0.25) is 5.75 Å².